The van der Waals surface area contributed by atoms with E-state index in [9.17, 15) is 9.65 Å². The molecule has 0 radical (unpaired) electrons. The average Bonchev–Trinajstić information content (AvgIpc) is 2.90. The van der Waals surface area contributed by atoms with Gasteiger partial charge in [0.05, 0.1) is 22.9 Å². The molecule has 5 rings (SSSR count). The van der Waals surface area contributed by atoms with Crippen molar-refractivity contribution in [1.29, 1.82) is 10.5 Å². The van der Waals surface area contributed by atoms with E-state index in [4.69, 9.17) is 5.26 Å². The largest absolute Gasteiger partial charge is 0.353 e. The minimum atomic E-state index is -0.280. The molecule has 7 nitrogen and oxygen atoms in total. The lowest BCUT2D eigenvalue weighted by Gasteiger charge is -2.36. The molecule has 4 aromatic rings. The number of nitrogens with zero attached hydrogens (tertiary/aromatic N) is 7. The normalized spacial score (nSPS) is 13.5. The molecule has 0 spiro atoms. The van der Waals surface area contributed by atoms with E-state index in [2.05, 4.69) is 37.1 Å². The van der Waals surface area contributed by atoms with E-state index in [1.807, 2.05) is 18.2 Å². The summed E-state index contributed by atoms with van der Waals surface area (Å²) in [6.45, 7) is 3.00. The molecule has 1 aliphatic heterocycles. The van der Waals surface area contributed by atoms with Crippen molar-refractivity contribution >= 4 is 22.4 Å². The van der Waals surface area contributed by atoms with Crippen LogP contribution in [-0.2, 0) is 6.42 Å². The van der Waals surface area contributed by atoms with Crippen LogP contribution in [0, 0.1) is 28.5 Å². The number of rotatable bonds is 4. The molecule has 1 aliphatic rings. The number of fused-ring (bicyclic) bond motifs is 1. The van der Waals surface area contributed by atoms with Crippen LogP contribution in [0.4, 0.5) is 16.0 Å². The summed E-state index contributed by atoms with van der Waals surface area (Å²) >= 11 is 0. The Balaban J connectivity index is 1.42. The van der Waals surface area contributed by atoms with Gasteiger partial charge in [0.15, 0.2) is 5.82 Å². The number of pyridine rings is 1. The van der Waals surface area contributed by atoms with Crippen LogP contribution in [0.1, 0.15) is 22.4 Å². The number of hydrogen-bond donors (Lipinski definition) is 0. The van der Waals surface area contributed by atoms with Crippen LogP contribution in [0.15, 0.2) is 60.8 Å². The second-order valence-electron chi connectivity index (χ2n) is 8.14. The summed E-state index contributed by atoms with van der Waals surface area (Å²) in [5.41, 5.74) is 2.78. The minimum absolute atomic E-state index is 0.280. The van der Waals surface area contributed by atoms with E-state index in [0.717, 1.165) is 59.8 Å². The summed E-state index contributed by atoms with van der Waals surface area (Å²) < 4.78 is 13.3. The molecule has 0 saturated carbocycles. The monoisotopic (exact) mass is 449 g/mol. The van der Waals surface area contributed by atoms with Gasteiger partial charge in [-0.2, -0.15) is 15.6 Å². The van der Waals surface area contributed by atoms with E-state index in [0.29, 0.717) is 17.5 Å². The molecular weight excluding hydrogens is 429 g/mol. The first-order chi connectivity index (χ1) is 16.6. The van der Waals surface area contributed by atoms with Crippen LogP contribution in [0.2, 0.25) is 0 Å². The fourth-order valence-corrected chi connectivity index (χ4v) is 4.21. The number of hydrogen-bond acceptors (Lipinski definition) is 7. The van der Waals surface area contributed by atoms with Crippen molar-refractivity contribution < 1.29 is 4.39 Å². The maximum atomic E-state index is 13.3. The van der Waals surface area contributed by atoms with Crippen molar-refractivity contribution in [3.05, 3.63) is 89.0 Å². The Hall–Kier alpha value is -4.56. The highest BCUT2D eigenvalue weighted by Crippen LogP contribution is 2.29. The summed E-state index contributed by atoms with van der Waals surface area (Å²) in [4.78, 5) is 8.78. The van der Waals surface area contributed by atoms with Crippen LogP contribution in [0.5, 0.6) is 0 Å². The van der Waals surface area contributed by atoms with Gasteiger partial charge in [0.25, 0.3) is 0 Å². The summed E-state index contributed by atoms with van der Waals surface area (Å²) in [7, 11) is 0. The van der Waals surface area contributed by atoms with Crippen molar-refractivity contribution in [2.75, 3.05) is 36.0 Å². The van der Waals surface area contributed by atoms with Crippen molar-refractivity contribution in [1.82, 2.24) is 15.2 Å². The zero-order chi connectivity index (χ0) is 23.5. The molecule has 1 saturated heterocycles. The molecule has 0 atom stereocenters. The molecule has 166 valence electrons. The Labute approximate surface area is 196 Å². The highest BCUT2D eigenvalue weighted by Gasteiger charge is 2.22. The molecule has 0 N–H and O–H groups in total. The third-order valence-electron chi connectivity index (χ3n) is 6.03. The van der Waals surface area contributed by atoms with Gasteiger partial charge in [0.2, 0.25) is 0 Å². The summed E-state index contributed by atoms with van der Waals surface area (Å²) in [6, 6.07) is 19.9. The molecule has 2 aromatic carbocycles. The zero-order valence-corrected chi connectivity index (χ0v) is 18.3. The SMILES string of the molecule is N#Cc1ccc(N2CCN(c3nnc(Cc4ccc(F)cc4)c4cc(C#N)ccc34)CC2)nc1. The number of nitriles is 2. The van der Waals surface area contributed by atoms with Crippen LogP contribution < -0.4 is 9.80 Å². The number of halogens is 1. The smallest absolute Gasteiger partial charge is 0.159 e. The molecule has 1 fully saturated rings. The van der Waals surface area contributed by atoms with Gasteiger partial charge in [0, 0.05) is 49.6 Å². The van der Waals surface area contributed by atoms with Crippen molar-refractivity contribution in [3.63, 3.8) is 0 Å². The number of benzene rings is 2. The fourth-order valence-electron chi connectivity index (χ4n) is 4.21. The van der Waals surface area contributed by atoms with Crippen molar-refractivity contribution in [3.8, 4) is 12.1 Å². The Morgan fingerprint density at radius 3 is 2.18 bits per heavy atom. The number of piperazine rings is 1. The van der Waals surface area contributed by atoms with Gasteiger partial charge in [-0.05, 0) is 48.0 Å². The molecular formula is C26H20FN7. The lowest BCUT2D eigenvalue weighted by atomic mass is 10.0. The summed E-state index contributed by atoms with van der Waals surface area (Å²) in [5.74, 6) is 1.36. The molecule has 0 aliphatic carbocycles. The van der Waals surface area contributed by atoms with E-state index in [1.54, 1.807) is 30.5 Å². The summed E-state index contributed by atoms with van der Waals surface area (Å²) in [6.07, 6.45) is 2.09. The fraction of sp³-hybridized carbons (Fsp3) is 0.192. The molecule has 2 aromatic heterocycles. The van der Waals surface area contributed by atoms with Crippen molar-refractivity contribution in [2.24, 2.45) is 0 Å². The molecule has 0 bridgehead atoms. The van der Waals surface area contributed by atoms with E-state index < -0.39 is 0 Å². The zero-order valence-electron chi connectivity index (χ0n) is 18.3. The average molecular weight is 449 g/mol. The first-order valence-corrected chi connectivity index (χ1v) is 10.9. The van der Waals surface area contributed by atoms with Gasteiger partial charge in [-0.3, -0.25) is 0 Å². The lowest BCUT2D eigenvalue weighted by Crippen LogP contribution is -2.47. The second-order valence-corrected chi connectivity index (χ2v) is 8.14. The van der Waals surface area contributed by atoms with Gasteiger partial charge in [-0.1, -0.05) is 12.1 Å². The molecule has 34 heavy (non-hydrogen) atoms. The van der Waals surface area contributed by atoms with Crippen LogP contribution in [0.25, 0.3) is 10.8 Å². The third-order valence-corrected chi connectivity index (χ3v) is 6.03. The Kier molecular flexibility index (Phi) is 5.72. The highest BCUT2D eigenvalue weighted by molar-refractivity contribution is 5.94. The van der Waals surface area contributed by atoms with Crippen molar-refractivity contribution in [2.45, 2.75) is 6.42 Å². The predicted molar refractivity (Wildman–Crippen MR) is 127 cm³/mol. The maximum Gasteiger partial charge on any atom is 0.159 e. The van der Waals surface area contributed by atoms with E-state index >= 15 is 0 Å². The first kappa shape index (κ1) is 21.3. The second kappa shape index (κ2) is 9.13. The predicted octanol–water partition coefficient (Wildman–Crippen LogP) is 3.82. The molecule has 8 heteroatoms. The minimum Gasteiger partial charge on any atom is -0.353 e. The van der Waals surface area contributed by atoms with E-state index in [-0.39, 0.29) is 5.82 Å². The number of anilines is 2. The summed E-state index contributed by atoms with van der Waals surface area (Å²) in [5, 5.41) is 29.3. The van der Waals surface area contributed by atoms with Crippen LogP contribution in [0.3, 0.4) is 0 Å². The maximum absolute atomic E-state index is 13.3. The van der Waals surface area contributed by atoms with Gasteiger partial charge in [-0.15, -0.1) is 5.10 Å². The topological polar surface area (TPSA) is 92.7 Å². The Morgan fingerprint density at radius 2 is 1.50 bits per heavy atom. The van der Waals surface area contributed by atoms with Crippen LogP contribution >= 0.6 is 0 Å². The molecule has 0 amide bonds. The van der Waals surface area contributed by atoms with Gasteiger partial charge in [0.1, 0.15) is 17.7 Å². The van der Waals surface area contributed by atoms with Crippen LogP contribution in [-0.4, -0.2) is 41.4 Å². The molecule has 0 unspecified atom stereocenters. The van der Waals surface area contributed by atoms with Gasteiger partial charge >= 0.3 is 0 Å². The lowest BCUT2D eigenvalue weighted by molar-refractivity contribution is 0.627. The third kappa shape index (κ3) is 4.22. The highest BCUT2D eigenvalue weighted by atomic mass is 19.1. The standard InChI is InChI=1S/C26H20FN7/c27-21-5-1-18(2-6-21)14-24-23-13-19(15-28)3-7-22(23)26(32-31-24)34-11-9-33(10-12-34)25-8-4-20(16-29)17-30-25/h1-8,13,17H,9-12,14H2. The van der Waals surface area contributed by atoms with Gasteiger partial charge < -0.3 is 9.80 Å². The first-order valence-electron chi connectivity index (χ1n) is 10.9. The Morgan fingerprint density at radius 1 is 0.794 bits per heavy atom. The molecule has 3 heterocycles. The Bertz CT molecular complexity index is 1410. The van der Waals surface area contributed by atoms with Gasteiger partial charge in [-0.25, -0.2) is 9.37 Å². The quantitative estimate of drug-likeness (QED) is 0.468. The van der Waals surface area contributed by atoms with E-state index in [1.165, 1.54) is 12.1 Å². The number of aromatic nitrogens is 3.